The van der Waals surface area contributed by atoms with Gasteiger partial charge in [0.05, 0.1) is 0 Å². The van der Waals surface area contributed by atoms with Gasteiger partial charge < -0.3 is 5.32 Å². The van der Waals surface area contributed by atoms with Crippen molar-refractivity contribution in [2.24, 2.45) is 5.92 Å². The SMILES string of the molecule is Cc1cc(C)n(CCC2CCCNC2)c(=O)n1. The third-order valence-electron chi connectivity index (χ3n) is 3.51. The summed E-state index contributed by atoms with van der Waals surface area (Å²) in [5, 5.41) is 3.41. The van der Waals surface area contributed by atoms with Crippen LogP contribution in [0.4, 0.5) is 0 Å². The number of nitrogens with one attached hydrogen (secondary N) is 1. The van der Waals surface area contributed by atoms with E-state index in [-0.39, 0.29) is 5.69 Å². The van der Waals surface area contributed by atoms with E-state index in [4.69, 9.17) is 0 Å². The maximum absolute atomic E-state index is 11.8. The summed E-state index contributed by atoms with van der Waals surface area (Å²) >= 11 is 0. The molecule has 1 aromatic heterocycles. The Bertz CT molecular complexity index is 433. The monoisotopic (exact) mass is 235 g/mol. The van der Waals surface area contributed by atoms with Crippen molar-refractivity contribution in [1.82, 2.24) is 14.9 Å². The molecule has 4 nitrogen and oxygen atoms in total. The number of aromatic nitrogens is 2. The van der Waals surface area contributed by atoms with E-state index in [1.807, 2.05) is 19.9 Å². The zero-order valence-electron chi connectivity index (χ0n) is 10.7. The molecule has 0 spiro atoms. The Hall–Kier alpha value is -1.16. The van der Waals surface area contributed by atoms with Crippen LogP contribution in [-0.2, 0) is 6.54 Å². The number of hydrogen-bond acceptors (Lipinski definition) is 3. The van der Waals surface area contributed by atoms with Crippen LogP contribution in [0.3, 0.4) is 0 Å². The van der Waals surface area contributed by atoms with Crippen molar-refractivity contribution in [3.05, 3.63) is 27.9 Å². The Morgan fingerprint density at radius 2 is 2.35 bits per heavy atom. The summed E-state index contributed by atoms with van der Waals surface area (Å²) in [5.74, 6) is 0.705. The van der Waals surface area contributed by atoms with Crippen molar-refractivity contribution in [3.63, 3.8) is 0 Å². The number of piperidine rings is 1. The van der Waals surface area contributed by atoms with E-state index in [9.17, 15) is 4.79 Å². The molecule has 17 heavy (non-hydrogen) atoms. The van der Waals surface area contributed by atoms with Gasteiger partial charge >= 0.3 is 5.69 Å². The summed E-state index contributed by atoms with van der Waals surface area (Å²) in [6.07, 6.45) is 3.60. The van der Waals surface area contributed by atoms with Gasteiger partial charge in [0.2, 0.25) is 0 Å². The molecular formula is C13H21N3O. The van der Waals surface area contributed by atoms with E-state index in [2.05, 4.69) is 10.3 Å². The standard InChI is InChI=1S/C13H21N3O/c1-10-8-11(2)16(13(17)15-10)7-5-12-4-3-6-14-9-12/h8,12,14H,3-7,9H2,1-2H3. The second-order valence-electron chi connectivity index (χ2n) is 4.97. The molecular weight excluding hydrogens is 214 g/mol. The molecule has 1 fully saturated rings. The molecule has 0 aliphatic carbocycles. The zero-order chi connectivity index (χ0) is 12.3. The normalized spacial score (nSPS) is 20.5. The highest BCUT2D eigenvalue weighted by Gasteiger charge is 2.13. The predicted molar refractivity (Wildman–Crippen MR) is 68.2 cm³/mol. The fourth-order valence-electron chi connectivity index (χ4n) is 2.53. The molecule has 1 aliphatic heterocycles. The highest BCUT2D eigenvalue weighted by molar-refractivity contribution is 5.06. The van der Waals surface area contributed by atoms with Gasteiger partial charge in [-0.25, -0.2) is 4.79 Å². The second-order valence-corrected chi connectivity index (χ2v) is 4.97. The number of nitrogens with zero attached hydrogens (tertiary/aromatic N) is 2. The van der Waals surface area contributed by atoms with Gasteiger partial charge in [-0.2, -0.15) is 4.98 Å². The van der Waals surface area contributed by atoms with E-state index in [1.54, 1.807) is 4.57 Å². The first kappa shape index (κ1) is 12.3. The van der Waals surface area contributed by atoms with Crippen molar-refractivity contribution >= 4 is 0 Å². The fraction of sp³-hybridized carbons (Fsp3) is 0.692. The van der Waals surface area contributed by atoms with Crippen LogP contribution in [0.2, 0.25) is 0 Å². The summed E-state index contributed by atoms with van der Waals surface area (Å²) in [4.78, 5) is 15.8. The maximum atomic E-state index is 11.8. The molecule has 1 unspecified atom stereocenters. The summed E-state index contributed by atoms with van der Waals surface area (Å²) in [7, 11) is 0. The van der Waals surface area contributed by atoms with Crippen LogP contribution in [0.1, 0.15) is 30.7 Å². The van der Waals surface area contributed by atoms with Crippen molar-refractivity contribution in [2.45, 2.75) is 39.7 Å². The van der Waals surface area contributed by atoms with Gasteiger partial charge in [0.1, 0.15) is 0 Å². The first-order chi connectivity index (χ1) is 8.16. The summed E-state index contributed by atoms with van der Waals surface area (Å²) in [5.41, 5.74) is 1.72. The largest absolute Gasteiger partial charge is 0.347 e. The minimum atomic E-state index is -0.105. The predicted octanol–water partition coefficient (Wildman–Crippen LogP) is 1.25. The van der Waals surface area contributed by atoms with Crippen LogP contribution in [0.25, 0.3) is 0 Å². The van der Waals surface area contributed by atoms with E-state index in [0.717, 1.165) is 37.4 Å². The third-order valence-corrected chi connectivity index (χ3v) is 3.51. The van der Waals surface area contributed by atoms with Crippen LogP contribution in [0.5, 0.6) is 0 Å². The molecule has 1 aliphatic rings. The fourth-order valence-corrected chi connectivity index (χ4v) is 2.53. The lowest BCUT2D eigenvalue weighted by Gasteiger charge is -2.23. The van der Waals surface area contributed by atoms with Gasteiger partial charge in [0, 0.05) is 17.9 Å². The quantitative estimate of drug-likeness (QED) is 0.857. The average Bonchev–Trinajstić information content (AvgIpc) is 2.29. The lowest BCUT2D eigenvalue weighted by atomic mass is 9.96. The molecule has 1 saturated heterocycles. The summed E-state index contributed by atoms with van der Waals surface area (Å²) < 4.78 is 1.79. The van der Waals surface area contributed by atoms with Crippen LogP contribution in [-0.4, -0.2) is 22.6 Å². The Labute approximate surface area is 102 Å². The first-order valence-corrected chi connectivity index (χ1v) is 6.42. The van der Waals surface area contributed by atoms with Gasteiger partial charge in [-0.3, -0.25) is 4.57 Å². The summed E-state index contributed by atoms with van der Waals surface area (Å²) in [6, 6.07) is 1.97. The molecule has 2 rings (SSSR count). The molecule has 94 valence electrons. The van der Waals surface area contributed by atoms with Crippen molar-refractivity contribution in [1.29, 1.82) is 0 Å². The van der Waals surface area contributed by atoms with Gasteiger partial charge in [-0.1, -0.05) is 0 Å². The van der Waals surface area contributed by atoms with Gasteiger partial charge in [0.25, 0.3) is 0 Å². The molecule has 1 atom stereocenters. The molecule has 2 heterocycles. The molecule has 0 radical (unpaired) electrons. The van der Waals surface area contributed by atoms with Crippen molar-refractivity contribution < 1.29 is 0 Å². The highest BCUT2D eigenvalue weighted by atomic mass is 16.1. The molecule has 1 N–H and O–H groups in total. The van der Waals surface area contributed by atoms with Crippen LogP contribution < -0.4 is 11.0 Å². The Balaban J connectivity index is 2.01. The first-order valence-electron chi connectivity index (χ1n) is 6.42. The Morgan fingerprint density at radius 3 is 3.00 bits per heavy atom. The van der Waals surface area contributed by atoms with Crippen molar-refractivity contribution in [2.75, 3.05) is 13.1 Å². The third kappa shape index (κ3) is 3.16. The second kappa shape index (κ2) is 5.45. The molecule has 0 aromatic carbocycles. The molecule has 0 saturated carbocycles. The van der Waals surface area contributed by atoms with E-state index in [1.165, 1.54) is 12.8 Å². The zero-order valence-corrected chi connectivity index (χ0v) is 10.7. The summed E-state index contributed by atoms with van der Waals surface area (Å²) in [6.45, 7) is 6.87. The minimum absolute atomic E-state index is 0.105. The van der Waals surface area contributed by atoms with Crippen LogP contribution in [0, 0.1) is 19.8 Å². The average molecular weight is 235 g/mol. The topological polar surface area (TPSA) is 46.9 Å². The van der Waals surface area contributed by atoms with E-state index in [0.29, 0.717) is 5.92 Å². The number of aryl methyl sites for hydroxylation is 2. The Kier molecular flexibility index (Phi) is 3.94. The smallest absolute Gasteiger partial charge is 0.316 e. The lowest BCUT2D eigenvalue weighted by molar-refractivity contribution is 0.338. The number of rotatable bonds is 3. The molecule has 0 bridgehead atoms. The van der Waals surface area contributed by atoms with Crippen LogP contribution >= 0.6 is 0 Å². The highest BCUT2D eigenvalue weighted by Crippen LogP contribution is 2.14. The minimum Gasteiger partial charge on any atom is -0.316 e. The van der Waals surface area contributed by atoms with Crippen LogP contribution in [0.15, 0.2) is 10.9 Å². The number of hydrogen-bond donors (Lipinski definition) is 1. The van der Waals surface area contributed by atoms with Gasteiger partial charge in [-0.05, 0) is 58.2 Å². The van der Waals surface area contributed by atoms with Gasteiger partial charge in [-0.15, -0.1) is 0 Å². The van der Waals surface area contributed by atoms with Gasteiger partial charge in [0.15, 0.2) is 0 Å². The molecule has 1 aromatic rings. The molecule has 4 heteroatoms. The van der Waals surface area contributed by atoms with E-state index < -0.39 is 0 Å². The van der Waals surface area contributed by atoms with Crippen molar-refractivity contribution in [3.8, 4) is 0 Å². The van der Waals surface area contributed by atoms with E-state index >= 15 is 0 Å². The maximum Gasteiger partial charge on any atom is 0.347 e. The lowest BCUT2D eigenvalue weighted by Crippen LogP contribution is -2.32. The molecule has 0 amide bonds. The Morgan fingerprint density at radius 1 is 1.53 bits per heavy atom.